The summed E-state index contributed by atoms with van der Waals surface area (Å²) in [5.41, 5.74) is 2.88. The average molecular weight is 431 g/mol. The summed E-state index contributed by atoms with van der Waals surface area (Å²) in [6, 6.07) is 9.62. The molecule has 3 fully saturated rings. The van der Waals surface area contributed by atoms with Crippen molar-refractivity contribution in [2.45, 2.75) is 43.7 Å². The van der Waals surface area contributed by atoms with E-state index in [9.17, 15) is 14.4 Å². The predicted octanol–water partition coefficient (Wildman–Crippen LogP) is 1.09. The first-order chi connectivity index (χ1) is 15.0. The molecule has 0 aliphatic carbocycles. The van der Waals surface area contributed by atoms with Crippen molar-refractivity contribution < 1.29 is 24.3 Å². The van der Waals surface area contributed by atoms with E-state index in [1.807, 2.05) is 23.1 Å². The molecule has 168 valence electrons. The quantitative estimate of drug-likeness (QED) is 0.476. The van der Waals surface area contributed by atoms with Gasteiger partial charge in [0, 0.05) is 45.1 Å². The van der Waals surface area contributed by atoms with Crippen LogP contribution in [-0.4, -0.2) is 77.8 Å². The predicted molar refractivity (Wildman–Crippen MR) is 111 cm³/mol. The molecule has 0 aromatic heterocycles. The average Bonchev–Trinajstić information content (AvgIpc) is 3.23. The van der Waals surface area contributed by atoms with Crippen molar-refractivity contribution in [3.63, 3.8) is 0 Å². The highest BCUT2D eigenvalue weighted by Crippen LogP contribution is 2.30. The van der Waals surface area contributed by atoms with Gasteiger partial charge >= 0.3 is 6.09 Å². The Morgan fingerprint density at radius 2 is 1.90 bits per heavy atom. The van der Waals surface area contributed by atoms with E-state index in [0.29, 0.717) is 45.1 Å². The van der Waals surface area contributed by atoms with Crippen molar-refractivity contribution >= 4 is 17.9 Å². The highest BCUT2D eigenvalue weighted by atomic mass is 16.6. The molecule has 9 heteroatoms. The van der Waals surface area contributed by atoms with Crippen LogP contribution in [0.15, 0.2) is 30.3 Å². The van der Waals surface area contributed by atoms with E-state index >= 15 is 0 Å². The van der Waals surface area contributed by atoms with Gasteiger partial charge in [-0.15, -0.1) is 0 Å². The van der Waals surface area contributed by atoms with Crippen molar-refractivity contribution in [1.29, 1.82) is 0 Å². The summed E-state index contributed by atoms with van der Waals surface area (Å²) in [6.07, 6.45) is 1.50. The summed E-state index contributed by atoms with van der Waals surface area (Å²) in [7, 11) is 0. The van der Waals surface area contributed by atoms with Crippen molar-refractivity contribution in [3.8, 4) is 0 Å². The largest absolute Gasteiger partial charge is 0.445 e. The fraction of sp³-hybridized carbons (Fsp3) is 0.591. The fourth-order valence-corrected chi connectivity index (χ4v) is 4.72. The Kier molecular flexibility index (Phi) is 6.72. The lowest BCUT2D eigenvalue weighted by Gasteiger charge is -2.38. The monoisotopic (exact) mass is 430 g/mol. The van der Waals surface area contributed by atoms with Crippen molar-refractivity contribution in [3.05, 3.63) is 35.9 Å². The number of hydrogen-bond acceptors (Lipinski definition) is 6. The first kappa shape index (κ1) is 21.6. The maximum Gasteiger partial charge on any atom is 0.410 e. The second-order valence-corrected chi connectivity index (χ2v) is 8.65. The van der Waals surface area contributed by atoms with E-state index in [1.165, 1.54) is 5.56 Å². The molecule has 3 saturated heterocycles. The number of carbonyl (C=O) groups excluding carboxylic acids is 3. The van der Waals surface area contributed by atoms with Gasteiger partial charge in [0.2, 0.25) is 11.8 Å². The van der Waals surface area contributed by atoms with Crippen LogP contribution >= 0.6 is 0 Å². The van der Waals surface area contributed by atoms with Crippen molar-refractivity contribution in [2.24, 2.45) is 5.92 Å². The number of benzene rings is 1. The van der Waals surface area contributed by atoms with Gasteiger partial charge in [-0.1, -0.05) is 30.3 Å². The molecule has 3 aliphatic rings. The number of hydroxylamine groups is 1. The molecule has 0 bridgehead atoms. The summed E-state index contributed by atoms with van der Waals surface area (Å²) < 4.78 is 5.57. The zero-order valence-electron chi connectivity index (χ0n) is 17.5. The van der Waals surface area contributed by atoms with Crippen LogP contribution in [0.25, 0.3) is 0 Å². The summed E-state index contributed by atoms with van der Waals surface area (Å²) in [6.45, 7) is 3.08. The van der Waals surface area contributed by atoms with E-state index in [4.69, 9.17) is 9.94 Å². The minimum atomic E-state index is -0.553. The molecule has 0 radical (unpaired) electrons. The van der Waals surface area contributed by atoms with E-state index in [0.717, 1.165) is 12.8 Å². The normalized spacial score (nSPS) is 28.0. The Morgan fingerprint density at radius 3 is 2.58 bits per heavy atom. The van der Waals surface area contributed by atoms with Gasteiger partial charge in [-0.25, -0.2) is 10.3 Å². The topological polar surface area (TPSA) is 111 Å². The maximum absolute atomic E-state index is 13.3. The number of nitrogens with one attached hydrogen (secondary N) is 2. The number of rotatable bonds is 5. The first-order valence-electron chi connectivity index (χ1n) is 11.0. The van der Waals surface area contributed by atoms with E-state index in [-0.39, 0.29) is 24.3 Å². The van der Waals surface area contributed by atoms with Crippen LogP contribution in [0.5, 0.6) is 0 Å². The first-order valence-corrected chi connectivity index (χ1v) is 11.0. The van der Waals surface area contributed by atoms with Gasteiger partial charge in [0.05, 0.1) is 6.04 Å². The zero-order valence-corrected chi connectivity index (χ0v) is 17.5. The third-order valence-electron chi connectivity index (χ3n) is 6.59. The molecule has 3 N–H and O–H groups in total. The third-order valence-corrected chi connectivity index (χ3v) is 6.59. The van der Waals surface area contributed by atoms with Crippen LogP contribution in [0, 0.1) is 5.92 Å². The molecule has 3 amide bonds. The molecular formula is C22H30N4O5. The van der Waals surface area contributed by atoms with Gasteiger partial charge in [-0.3, -0.25) is 14.8 Å². The van der Waals surface area contributed by atoms with Crippen LogP contribution in [-0.2, 0) is 14.3 Å². The summed E-state index contributed by atoms with van der Waals surface area (Å²) in [5.74, 6) is -0.666. The van der Waals surface area contributed by atoms with Crippen LogP contribution in [0.3, 0.4) is 0 Å². The molecule has 31 heavy (non-hydrogen) atoms. The van der Waals surface area contributed by atoms with Gasteiger partial charge in [0.25, 0.3) is 0 Å². The Morgan fingerprint density at radius 1 is 1.13 bits per heavy atom. The van der Waals surface area contributed by atoms with E-state index in [1.54, 1.807) is 10.4 Å². The molecule has 4 atom stereocenters. The van der Waals surface area contributed by atoms with Gasteiger partial charge in [0.15, 0.2) is 0 Å². The molecule has 3 aliphatic heterocycles. The third kappa shape index (κ3) is 4.99. The minimum Gasteiger partial charge on any atom is -0.445 e. The molecule has 0 spiro atoms. The molecule has 1 aromatic rings. The number of nitrogens with zero attached hydrogens (tertiary/aromatic N) is 2. The van der Waals surface area contributed by atoms with Gasteiger partial charge in [0.1, 0.15) is 6.10 Å². The Hall–Kier alpha value is -2.65. The SMILES string of the molecule is O=C(C[C@@H]1C[C@H](OC(=O)N2CCC2)CN[C@@H]1C(=O)N1CC[C@H](c2ccccc2)C1)NO. The highest BCUT2D eigenvalue weighted by Gasteiger charge is 2.41. The van der Waals surface area contributed by atoms with Crippen LogP contribution in [0.1, 0.15) is 37.2 Å². The fourth-order valence-electron chi connectivity index (χ4n) is 4.72. The molecule has 0 unspecified atom stereocenters. The van der Waals surface area contributed by atoms with Gasteiger partial charge < -0.3 is 19.9 Å². The Labute approximate surface area is 181 Å². The van der Waals surface area contributed by atoms with Crippen LogP contribution in [0.4, 0.5) is 4.79 Å². The molecule has 0 saturated carbocycles. The summed E-state index contributed by atoms with van der Waals surface area (Å²) >= 11 is 0. The number of carbonyl (C=O) groups is 3. The lowest BCUT2D eigenvalue weighted by atomic mass is 9.85. The van der Waals surface area contributed by atoms with E-state index in [2.05, 4.69) is 17.4 Å². The zero-order chi connectivity index (χ0) is 21.8. The second kappa shape index (κ2) is 9.65. The minimum absolute atomic E-state index is 0.0202. The summed E-state index contributed by atoms with van der Waals surface area (Å²) in [5, 5.41) is 12.2. The van der Waals surface area contributed by atoms with Crippen molar-refractivity contribution in [1.82, 2.24) is 20.6 Å². The maximum atomic E-state index is 13.3. The smallest absolute Gasteiger partial charge is 0.410 e. The Balaban J connectivity index is 1.39. The number of piperidine rings is 1. The lowest BCUT2D eigenvalue weighted by molar-refractivity contribution is -0.137. The van der Waals surface area contributed by atoms with Crippen LogP contribution < -0.4 is 10.8 Å². The highest BCUT2D eigenvalue weighted by molar-refractivity contribution is 5.84. The molecule has 3 heterocycles. The lowest BCUT2D eigenvalue weighted by Crippen LogP contribution is -2.57. The number of ether oxygens (including phenoxy) is 1. The Bertz CT molecular complexity index is 800. The molecule has 4 rings (SSSR count). The second-order valence-electron chi connectivity index (χ2n) is 8.65. The van der Waals surface area contributed by atoms with Crippen molar-refractivity contribution in [2.75, 3.05) is 32.7 Å². The van der Waals surface area contributed by atoms with Gasteiger partial charge in [-0.05, 0) is 30.7 Å². The number of likely N-dealkylation sites (tertiary alicyclic amines) is 2. The van der Waals surface area contributed by atoms with Crippen LogP contribution in [0.2, 0.25) is 0 Å². The van der Waals surface area contributed by atoms with E-state index < -0.39 is 18.1 Å². The van der Waals surface area contributed by atoms with Gasteiger partial charge in [-0.2, -0.15) is 0 Å². The summed E-state index contributed by atoms with van der Waals surface area (Å²) in [4.78, 5) is 40.8. The number of hydrogen-bond donors (Lipinski definition) is 3. The number of amides is 3. The standard InChI is InChI=1S/C22H30N4O5/c27-19(24-30)12-17-11-18(31-22(29)25-8-4-9-25)13-23-20(17)21(28)26-10-7-16(14-26)15-5-2-1-3-6-15/h1-3,5-6,16-18,20,23,30H,4,7-14H2,(H,24,27)/t16-,17-,18-,20-/m0/s1. The molecular weight excluding hydrogens is 400 g/mol. The molecule has 1 aromatic carbocycles. The molecule has 9 nitrogen and oxygen atoms in total.